The molecule has 3 rings (SSSR count). The lowest BCUT2D eigenvalue weighted by atomic mass is 10.2. The first-order chi connectivity index (χ1) is 8.81. The van der Waals surface area contributed by atoms with E-state index < -0.39 is 0 Å². The summed E-state index contributed by atoms with van der Waals surface area (Å²) in [6.07, 6.45) is 1.59. The van der Waals surface area contributed by atoms with Gasteiger partial charge in [-0.1, -0.05) is 5.92 Å². The predicted molar refractivity (Wildman–Crippen MR) is 63.1 cm³/mol. The molecule has 0 amide bonds. The molecular weight excluding hydrogens is 230 g/mol. The van der Waals surface area contributed by atoms with Crippen LogP contribution in [0, 0.1) is 18.8 Å². The second-order valence-electron chi connectivity index (χ2n) is 3.74. The Hall–Kier alpha value is -2.61. The molecule has 1 aromatic heterocycles. The van der Waals surface area contributed by atoms with Crippen LogP contribution in [0.3, 0.4) is 0 Å². The van der Waals surface area contributed by atoms with Crippen LogP contribution in [0.4, 0.5) is 0 Å². The van der Waals surface area contributed by atoms with Gasteiger partial charge in [-0.05, 0) is 31.0 Å². The lowest BCUT2D eigenvalue weighted by Gasteiger charge is -1.95. The molecular formula is C13H9N3O2. The van der Waals surface area contributed by atoms with Gasteiger partial charge in [0.15, 0.2) is 11.5 Å². The third-order valence-electron chi connectivity index (χ3n) is 2.37. The number of aryl methyl sites for hydroxylation is 1. The van der Waals surface area contributed by atoms with Crippen LogP contribution in [-0.2, 0) is 0 Å². The zero-order valence-corrected chi connectivity index (χ0v) is 9.67. The van der Waals surface area contributed by atoms with Crippen molar-refractivity contribution in [3.63, 3.8) is 0 Å². The zero-order valence-electron chi connectivity index (χ0n) is 9.67. The van der Waals surface area contributed by atoms with E-state index in [9.17, 15) is 0 Å². The number of ether oxygens (including phenoxy) is 2. The highest BCUT2D eigenvalue weighted by atomic mass is 16.7. The number of aromatic nitrogens is 3. The van der Waals surface area contributed by atoms with E-state index in [-0.39, 0.29) is 6.79 Å². The first-order valence-corrected chi connectivity index (χ1v) is 5.39. The summed E-state index contributed by atoms with van der Waals surface area (Å²) < 4.78 is 10.5. The Balaban J connectivity index is 1.89. The van der Waals surface area contributed by atoms with Crippen LogP contribution >= 0.6 is 0 Å². The molecule has 0 bridgehead atoms. The second-order valence-corrected chi connectivity index (χ2v) is 3.74. The predicted octanol–water partition coefficient (Wildman–Crippen LogP) is 1.31. The van der Waals surface area contributed by atoms with Crippen molar-refractivity contribution in [2.75, 3.05) is 6.79 Å². The number of hydrogen-bond donors (Lipinski definition) is 0. The number of hydrogen-bond acceptors (Lipinski definition) is 5. The summed E-state index contributed by atoms with van der Waals surface area (Å²) in [5.41, 5.74) is 1.62. The van der Waals surface area contributed by atoms with Gasteiger partial charge in [0.1, 0.15) is 0 Å². The highest BCUT2D eigenvalue weighted by molar-refractivity contribution is 5.50. The van der Waals surface area contributed by atoms with Gasteiger partial charge in [-0.3, -0.25) is 0 Å². The molecule has 88 valence electrons. The van der Waals surface area contributed by atoms with Gasteiger partial charge in [-0.15, -0.1) is 5.10 Å². The maximum absolute atomic E-state index is 5.28. The largest absolute Gasteiger partial charge is 0.454 e. The molecule has 1 aromatic carbocycles. The molecule has 0 N–H and O–H groups in total. The Labute approximate surface area is 104 Å². The van der Waals surface area contributed by atoms with E-state index in [2.05, 4.69) is 27.0 Å². The summed E-state index contributed by atoms with van der Waals surface area (Å²) in [6.45, 7) is 2.11. The number of nitrogens with zero attached hydrogens (tertiary/aromatic N) is 3. The van der Waals surface area contributed by atoms with E-state index in [0.29, 0.717) is 11.6 Å². The van der Waals surface area contributed by atoms with Crippen molar-refractivity contribution in [3.8, 4) is 23.3 Å². The Morgan fingerprint density at radius 3 is 2.94 bits per heavy atom. The average molecular weight is 239 g/mol. The first-order valence-electron chi connectivity index (χ1n) is 5.39. The average Bonchev–Trinajstić information content (AvgIpc) is 2.84. The molecule has 0 saturated heterocycles. The van der Waals surface area contributed by atoms with E-state index in [1.165, 1.54) is 0 Å². The van der Waals surface area contributed by atoms with Gasteiger partial charge in [-0.2, -0.15) is 5.10 Å². The number of benzene rings is 1. The summed E-state index contributed by atoms with van der Waals surface area (Å²) in [6, 6.07) is 5.53. The molecule has 0 aliphatic carbocycles. The van der Waals surface area contributed by atoms with Crippen molar-refractivity contribution >= 4 is 0 Å². The Bertz CT molecular complexity index is 659. The lowest BCUT2D eigenvalue weighted by Crippen LogP contribution is -1.93. The van der Waals surface area contributed by atoms with E-state index in [4.69, 9.17) is 9.47 Å². The van der Waals surface area contributed by atoms with Crippen LogP contribution in [0.5, 0.6) is 11.5 Å². The summed E-state index contributed by atoms with van der Waals surface area (Å²) >= 11 is 0. The van der Waals surface area contributed by atoms with Crippen molar-refractivity contribution in [3.05, 3.63) is 41.5 Å². The van der Waals surface area contributed by atoms with Gasteiger partial charge in [0.25, 0.3) is 0 Å². The molecule has 0 radical (unpaired) electrons. The molecule has 1 aliphatic heterocycles. The highest BCUT2D eigenvalue weighted by Crippen LogP contribution is 2.32. The lowest BCUT2D eigenvalue weighted by molar-refractivity contribution is 0.174. The fraction of sp³-hybridized carbons (Fsp3) is 0.154. The summed E-state index contributed by atoms with van der Waals surface area (Å²) in [5.74, 6) is 7.70. The summed E-state index contributed by atoms with van der Waals surface area (Å²) in [5, 5.41) is 7.63. The summed E-state index contributed by atoms with van der Waals surface area (Å²) in [4.78, 5) is 4.16. The molecule has 0 atom stereocenters. The van der Waals surface area contributed by atoms with Gasteiger partial charge >= 0.3 is 0 Å². The van der Waals surface area contributed by atoms with Crippen molar-refractivity contribution in [1.82, 2.24) is 15.2 Å². The van der Waals surface area contributed by atoms with Gasteiger partial charge in [0.2, 0.25) is 12.6 Å². The molecule has 5 nitrogen and oxygen atoms in total. The molecule has 1 aliphatic rings. The standard InChI is InChI=1S/C13H9N3O2/c1-9-7-14-16-13(15-9)5-3-10-2-4-11-12(6-10)18-8-17-11/h2,4,6-7H,8H2,1H3. The molecule has 0 saturated carbocycles. The smallest absolute Gasteiger partial charge is 0.231 e. The van der Waals surface area contributed by atoms with E-state index in [1.807, 2.05) is 25.1 Å². The Kier molecular flexibility index (Phi) is 2.54. The van der Waals surface area contributed by atoms with Crippen LogP contribution in [-0.4, -0.2) is 22.0 Å². The minimum Gasteiger partial charge on any atom is -0.454 e. The third-order valence-corrected chi connectivity index (χ3v) is 2.37. The van der Waals surface area contributed by atoms with Gasteiger partial charge in [-0.25, -0.2) is 4.98 Å². The van der Waals surface area contributed by atoms with Gasteiger partial charge in [0, 0.05) is 5.56 Å². The number of fused-ring (bicyclic) bond motifs is 1. The van der Waals surface area contributed by atoms with Crippen LogP contribution < -0.4 is 9.47 Å². The minimum atomic E-state index is 0.261. The van der Waals surface area contributed by atoms with Crippen molar-refractivity contribution in [2.24, 2.45) is 0 Å². The fourth-order valence-electron chi connectivity index (χ4n) is 1.54. The van der Waals surface area contributed by atoms with E-state index in [1.54, 1.807) is 6.20 Å². The van der Waals surface area contributed by atoms with Crippen molar-refractivity contribution < 1.29 is 9.47 Å². The van der Waals surface area contributed by atoms with Crippen LogP contribution in [0.15, 0.2) is 24.4 Å². The monoisotopic (exact) mass is 239 g/mol. The molecule has 0 fully saturated rings. The Morgan fingerprint density at radius 1 is 1.17 bits per heavy atom. The van der Waals surface area contributed by atoms with Crippen molar-refractivity contribution in [2.45, 2.75) is 6.92 Å². The molecule has 2 heterocycles. The SMILES string of the molecule is Cc1cnnc(C#Cc2ccc3c(c2)OCO3)n1. The van der Waals surface area contributed by atoms with E-state index in [0.717, 1.165) is 17.0 Å². The highest BCUT2D eigenvalue weighted by Gasteiger charge is 2.12. The quantitative estimate of drug-likeness (QED) is 0.649. The van der Waals surface area contributed by atoms with Crippen LogP contribution in [0.2, 0.25) is 0 Å². The first kappa shape index (κ1) is 10.5. The minimum absolute atomic E-state index is 0.261. The van der Waals surface area contributed by atoms with Crippen molar-refractivity contribution in [1.29, 1.82) is 0 Å². The third kappa shape index (κ3) is 2.09. The van der Waals surface area contributed by atoms with E-state index >= 15 is 0 Å². The zero-order chi connectivity index (χ0) is 12.4. The molecule has 2 aromatic rings. The second kappa shape index (κ2) is 4.34. The maximum atomic E-state index is 5.28. The fourth-order valence-corrected chi connectivity index (χ4v) is 1.54. The molecule has 18 heavy (non-hydrogen) atoms. The Morgan fingerprint density at radius 2 is 2.06 bits per heavy atom. The molecule has 5 heteroatoms. The van der Waals surface area contributed by atoms with Gasteiger partial charge in [0.05, 0.1) is 11.9 Å². The molecule has 0 spiro atoms. The normalized spacial score (nSPS) is 11.8. The maximum Gasteiger partial charge on any atom is 0.231 e. The molecule has 0 unspecified atom stereocenters. The topological polar surface area (TPSA) is 57.1 Å². The number of rotatable bonds is 0. The summed E-state index contributed by atoms with van der Waals surface area (Å²) in [7, 11) is 0. The van der Waals surface area contributed by atoms with Crippen LogP contribution in [0.1, 0.15) is 17.1 Å². The van der Waals surface area contributed by atoms with Gasteiger partial charge < -0.3 is 9.47 Å². The van der Waals surface area contributed by atoms with Crippen LogP contribution in [0.25, 0.3) is 0 Å².